The Morgan fingerprint density at radius 3 is 2.89 bits per heavy atom. The van der Waals surface area contributed by atoms with Crippen LogP contribution in [0.5, 0.6) is 0 Å². The molecule has 3 rings (SSSR count). The second-order valence-electron chi connectivity index (χ2n) is 5.22. The Kier molecular flexibility index (Phi) is 3.60. The zero-order valence-corrected chi connectivity index (χ0v) is 11.2. The van der Waals surface area contributed by atoms with E-state index >= 15 is 0 Å². The molecule has 1 aliphatic heterocycles. The van der Waals surface area contributed by atoms with E-state index in [1.807, 2.05) is 6.92 Å². The van der Waals surface area contributed by atoms with Crippen LogP contribution in [0.3, 0.4) is 0 Å². The van der Waals surface area contributed by atoms with Crippen molar-refractivity contribution >= 4 is 0 Å². The fraction of sp³-hybridized carbons (Fsp3) is 0.467. The van der Waals surface area contributed by atoms with Gasteiger partial charge in [-0.2, -0.15) is 4.98 Å². The minimum absolute atomic E-state index is 0.624. The molecule has 0 N–H and O–H groups in total. The van der Waals surface area contributed by atoms with Crippen molar-refractivity contribution in [3.8, 4) is 0 Å². The lowest BCUT2D eigenvalue weighted by molar-refractivity contribution is 0.177. The highest BCUT2D eigenvalue weighted by molar-refractivity contribution is 5.20. The van der Waals surface area contributed by atoms with E-state index in [0.717, 1.165) is 25.5 Å². The Morgan fingerprint density at radius 1 is 1.32 bits per heavy atom. The quantitative estimate of drug-likeness (QED) is 0.848. The molecule has 4 nitrogen and oxygen atoms in total. The van der Waals surface area contributed by atoms with Crippen molar-refractivity contribution in [3.63, 3.8) is 0 Å². The number of nitrogens with zero attached hydrogens (tertiary/aromatic N) is 3. The molecule has 0 spiro atoms. The highest BCUT2D eigenvalue weighted by atomic mass is 16.5. The van der Waals surface area contributed by atoms with E-state index in [1.54, 1.807) is 0 Å². The molecule has 0 amide bonds. The van der Waals surface area contributed by atoms with Crippen LogP contribution in [0.1, 0.15) is 36.0 Å². The number of aromatic nitrogens is 2. The molecule has 0 aliphatic carbocycles. The molecule has 19 heavy (non-hydrogen) atoms. The zero-order valence-electron chi connectivity index (χ0n) is 11.2. The molecule has 1 fully saturated rings. The monoisotopic (exact) mass is 257 g/mol. The van der Waals surface area contributed by atoms with Crippen LogP contribution in [0, 0.1) is 6.92 Å². The van der Waals surface area contributed by atoms with Crippen LogP contribution in [0.4, 0.5) is 0 Å². The molecule has 1 aromatic carbocycles. The molecular weight excluding hydrogens is 238 g/mol. The normalized spacial score (nSPS) is 20.6. The van der Waals surface area contributed by atoms with E-state index < -0.39 is 0 Å². The number of aryl methyl sites for hydroxylation is 1. The molecule has 2 heterocycles. The van der Waals surface area contributed by atoms with Gasteiger partial charge in [-0.3, -0.25) is 4.90 Å². The third kappa shape index (κ3) is 3.01. The van der Waals surface area contributed by atoms with Crippen molar-refractivity contribution in [3.05, 3.63) is 47.6 Å². The van der Waals surface area contributed by atoms with Gasteiger partial charge in [0.25, 0.3) is 0 Å². The number of hydrogen-bond donors (Lipinski definition) is 0. The highest BCUT2D eigenvalue weighted by Crippen LogP contribution is 2.27. The van der Waals surface area contributed by atoms with Crippen LogP contribution in [0.2, 0.25) is 0 Å². The number of piperidine rings is 1. The van der Waals surface area contributed by atoms with Crippen LogP contribution < -0.4 is 0 Å². The average Bonchev–Trinajstić information content (AvgIpc) is 2.85. The molecule has 0 radical (unpaired) electrons. The number of likely N-dealkylation sites (tertiary alicyclic amines) is 1. The minimum atomic E-state index is 0.624. The lowest BCUT2D eigenvalue weighted by Gasteiger charge is -2.31. The summed E-state index contributed by atoms with van der Waals surface area (Å²) in [4.78, 5) is 6.69. The first-order valence-corrected chi connectivity index (χ1v) is 6.88. The summed E-state index contributed by atoms with van der Waals surface area (Å²) >= 11 is 0. The first-order valence-electron chi connectivity index (χ1n) is 6.88. The molecule has 1 aromatic heterocycles. The second-order valence-corrected chi connectivity index (χ2v) is 5.22. The van der Waals surface area contributed by atoms with E-state index in [4.69, 9.17) is 4.52 Å². The molecule has 0 saturated carbocycles. The van der Waals surface area contributed by atoms with Gasteiger partial charge in [-0.1, -0.05) is 35.5 Å². The minimum Gasteiger partial charge on any atom is -0.338 e. The highest BCUT2D eigenvalue weighted by Gasteiger charge is 2.22. The van der Waals surface area contributed by atoms with Gasteiger partial charge in [-0.05, 0) is 37.8 Å². The summed E-state index contributed by atoms with van der Waals surface area (Å²) in [5.41, 5.74) is 1.44. The Balaban J connectivity index is 1.65. The topological polar surface area (TPSA) is 42.2 Å². The fourth-order valence-corrected chi connectivity index (χ4v) is 2.79. The first-order chi connectivity index (χ1) is 9.31. The molecule has 0 bridgehead atoms. The number of benzene rings is 1. The molecular formula is C15H19N3O. The lowest BCUT2D eigenvalue weighted by atomic mass is 9.91. The van der Waals surface area contributed by atoms with Crippen LogP contribution in [0.25, 0.3) is 0 Å². The largest absolute Gasteiger partial charge is 0.338 e. The Morgan fingerprint density at radius 2 is 2.16 bits per heavy atom. The zero-order chi connectivity index (χ0) is 13.1. The molecule has 1 saturated heterocycles. The predicted octanol–water partition coefficient (Wildman–Crippen LogP) is 2.76. The standard InChI is InChI=1S/C15H19N3O/c1-12-16-15(19-17-12)11-18-9-5-8-14(10-18)13-6-3-2-4-7-13/h2-4,6-7,14H,5,8-11H2,1H3. The van der Waals surface area contributed by atoms with Gasteiger partial charge in [-0.25, -0.2) is 0 Å². The van der Waals surface area contributed by atoms with Crippen LogP contribution >= 0.6 is 0 Å². The summed E-state index contributed by atoms with van der Waals surface area (Å²) in [6.07, 6.45) is 2.50. The number of rotatable bonds is 3. The molecule has 100 valence electrons. The smallest absolute Gasteiger partial charge is 0.240 e. The van der Waals surface area contributed by atoms with Crippen molar-refractivity contribution < 1.29 is 4.52 Å². The maximum absolute atomic E-state index is 5.21. The van der Waals surface area contributed by atoms with Gasteiger partial charge in [-0.15, -0.1) is 0 Å². The second kappa shape index (κ2) is 5.53. The summed E-state index contributed by atoms with van der Waals surface area (Å²) in [7, 11) is 0. The van der Waals surface area contributed by atoms with Crippen molar-refractivity contribution in [2.24, 2.45) is 0 Å². The van der Waals surface area contributed by atoms with E-state index in [1.165, 1.54) is 18.4 Å². The molecule has 1 atom stereocenters. The van der Waals surface area contributed by atoms with E-state index in [0.29, 0.717) is 11.7 Å². The Bertz CT molecular complexity index is 523. The summed E-state index contributed by atoms with van der Waals surface area (Å²) < 4.78 is 5.21. The van der Waals surface area contributed by atoms with E-state index in [2.05, 4.69) is 45.4 Å². The van der Waals surface area contributed by atoms with Gasteiger partial charge in [0, 0.05) is 6.54 Å². The van der Waals surface area contributed by atoms with Gasteiger partial charge in [0.05, 0.1) is 6.54 Å². The van der Waals surface area contributed by atoms with Crippen LogP contribution in [-0.4, -0.2) is 28.1 Å². The average molecular weight is 257 g/mol. The van der Waals surface area contributed by atoms with E-state index in [9.17, 15) is 0 Å². The third-order valence-corrected chi connectivity index (χ3v) is 3.70. The van der Waals surface area contributed by atoms with Gasteiger partial charge in [0.1, 0.15) is 0 Å². The SMILES string of the molecule is Cc1noc(CN2CCCC(c3ccccc3)C2)n1. The van der Waals surface area contributed by atoms with Crippen molar-refractivity contribution in [2.75, 3.05) is 13.1 Å². The van der Waals surface area contributed by atoms with Crippen LogP contribution in [0.15, 0.2) is 34.9 Å². The number of hydrogen-bond acceptors (Lipinski definition) is 4. The molecule has 1 aliphatic rings. The Hall–Kier alpha value is -1.68. The van der Waals surface area contributed by atoms with Crippen molar-refractivity contribution in [1.82, 2.24) is 15.0 Å². The predicted molar refractivity (Wildman–Crippen MR) is 72.7 cm³/mol. The fourth-order valence-electron chi connectivity index (χ4n) is 2.79. The molecule has 4 heteroatoms. The van der Waals surface area contributed by atoms with E-state index in [-0.39, 0.29) is 0 Å². The van der Waals surface area contributed by atoms with Crippen molar-refractivity contribution in [1.29, 1.82) is 0 Å². The maximum Gasteiger partial charge on any atom is 0.240 e. The Labute approximate surface area is 113 Å². The summed E-state index contributed by atoms with van der Waals surface area (Å²) in [5, 5.41) is 3.85. The first kappa shape index (κ1) is 12.4. The van der Waals surface area contributed by atoms with Gasteiger partial charge >= 0.3 is 0 Å². The summed E-state index contributed by atoms with van der Waals surface area (Å²) in [6, 6.07) is 10.8. The van der Waals surface area contributed by atoms with Gasteiger partial charge < -0.3 is 4.52 Å². The molecule has 1 unspecified atom stereocenters. The van der Waals surface area contributed by atoms with Crippen molar-refractivity contribution in [2.45, 2.75) is 32.2 Å². The molecule has 2 aromatic rings. The van der Waals surface area contributed by atoms with Gasteiger partial charge in [0.2, 0.25) is 5.89 Å². The summed E-state index contributed by atoms with van der Waals surface area (Å²) in [6.45, 7) is 4.82. The maximum atomic E-state index is 5.21. The third-order valence-electron chi connectivity index (χ3n) is 3.70. The van der Waals surface area contributed by atoms with Crippen LogP contribution in [-0.2, 0) is 6.54 Å². The summed E-state index contributed by atoms with van der Waals surface area (Å²) in [5.74, 6) is 2.07. The van der Waals surface area contributed by atoms with Gasteiger partial charge in [0.15, 0.2) is 5.82 Å². The lowest BCUT2D eigenvalue weighted by Crippen LogP contribution is -2.33.